The number of aromatic nitrogens is 2. The van der Waals surface area contributed by atoms with Crippen LogP contribution in [0.4, 0.5) is 5.69 Å². The van der Waals surface area contributed by atoms with Crippen molar-refractivity contribution in [2.45, 2.75) is 13.8 Å². The molecule has 0 bridgehead atoms. The largest absolute Gasteiger partial charge is 0.509 e. The molecule has 154 valence electrons. The lowest BCUT2D eigenvalue weighted by Gasteiger charge is -2.19. The van der Waals surface area contributed by atoms with E-state index in [0.29, 0.717) is 17.1 Å². The number of nitrogens with one attached hydrogen (secondary N) is 2. The summed E-state index contributed by atoms with van der Waals surface area (Å²) >= 11 is 0. The number of para-hydroxylation sites is 1. The molecule has 6 heteroatoms. The van der Waals surface area contributed by atoms with Gasteiger partial charge in [0.1, 0.15) is 28.9 Å². The number of nitrogens with zero attached hydrogens (tertiary/aromatic N) is 2. The third-order valence-corrected chi connectivity index (χ3v) is 5.56. The number of benzene rings is 3. The van der Waals surface area contributed by atoms with E-state index < -0.39 is 0 Å². The molecule has 0 radical (unpaired) electrons. The van der Waals surface area contributed by atoms with Gasteiger partial charge in [-0.2, -0.15) is 0 Å². The fraction of sp³-hybridized carbons (Fsp3) is 0.120. The smallest absolute Gasteiger partial charge is 0.145 e. The Labute approximate surface area is 180 Å². The van der Waals surface area contributed by atoms with Crippen LogP contribution in [0.2, 0.25) is 0 Å². The van der Waals surface area contributed by atoms with Gasteiger partial charge in [0.15, 0.2) is 0 Å². The van der Waals surface area contributed by atoms with E-state index in [1.165, 1.54) is 5.56 Å². The van der Waals surface area contributed by atoms with Gasteiger partial charge in [-0.05, 0) is 73.5 Å². The molecule has 0 fully saturated rings. The van der Waals surface area contributed by atoms with Gasteiger partial charge in [-0.25, -0.2) is 4.98 Å². The number of ether oxygens (including phenoxy) is 1. The van der Waals surface area contributed by atoms with Gasteiger partial charge in [-0.15, -0.1) is 0 Å². The Morgan fingerprint density at radius 3 is 2.39 bits per heavy atom. The second-order valence-corrected chi connectivity index (χ2v) is 7.70. The molecule has 6 nitrogen and oxygen atoms in total. The van der Waals surface area contributed by atoms with Crippen LogP contribution in [0.25, 0.3) is 16.6 Å². The maximum absolute atomic E-state index is 10.6. The van der Waals surface area contributed by atoms with Crippen LogP contribution in [-0.4, -0.2) is 27.5 Å². The molecule has 0 aliphatic carbocycles. The minimum Gasteiger partial charge on any atom is -0.509 e. The quantitative estimate of drug-likeness (QED) is 0.401. The number of hydrogen-bond donors (Lipinski definition) is 3. The number of hydrogen-bond acceptors (Lipinski definition) is 4. The second-order valence-electron chi connectivity index (χ2n) is 7.70. The van der Waals surface area contributed by atoms with Crippen LogP contribution in [0.15, 0.2) is 72.5 Å². The van der Waals surface area contributed by atoms with Gasteiger partial charge in [0.25, 0.3) is 0 Å². The fourth-order valence-electron chi connectivity index (χ4n) is 3.76. The van der Waals surface area contributed by atoms with Crippen LogP contribution in [0.3, 0.4) is 0 Å². The summed E-state index contributed by atoms with van der Waals surface area (Å²) in [5.74, 6) is 2.32. The first-order valence-corrected chi connectivity index (χ1v) is 10.1. The first-order chi connectivity index (χ1) is 15.0. The highest BCUT2D eigenvalue weighted by Gasteiger charge is 2.31. The van der Waals surface area contributed by atoms with Gasteiger partial charge < -0.3 is 19.7 Å². The van der Waals surface area contributed by atoms with Crippen molar-refractivity contribution in [2.75, 3.05) is 11.4 Å². The molecule has 0 spiro atoms. The van der Waals surface area contributed by atoms with Crippen LogP contribution in [0, 0.1) is 19.3 Å². The molecule has 4 aromatic rings. The molecule has 5 rings (SSSR count). The van der Waals surface area contributed by atoms with Crippen LogP contribution >= 0.6 is 0 Å². The topological polar surface area (TPSA) is 85.2 Å². The summed E-state index contributed by atoms with van der Waals surface area (Å²) in [5, 5.41) is 19.3. The number of fused-ring (bicyclic) bond motifs is 1. The molecule has 0 unspecified atom stereocenters. The lowest BCUT2D eigenvalue weighted by atomic mass is 10.1. The summed E-state index contributed by atoms with van der Waals surface area (Å²) in [6.45, 7) is 4.32. The third kappa shape index (κ3) is 3.42. The maximum atomic E-state index is 10.6. The van der Waals surface area contributed by atoms with Crippen molar-refractivity contribution in [1.29, 1.82) is 5.41 Å². The number of H-pyrrole nitrogens is 1. The van der Waals surface area contributed by atoms with Crippen molar-refractivity contribution in [3.8, 4) is 11.5 Å². The zero-order chi connectivity index (χ0) is 21.5. The molecule has 0 atom stereocenters. The summed E-state index contributed by atoms with van der Waals surface area (Å²) < 4.78 is 5.84. The van der Waals surface area contributed by atoms with Crippen molar-refractivity contribution in [3.63, 3.8) is 0 Å². The maximum Gasteiger partial charge on any atom is 0.145 e. The number of amidine groups is 1. The van der Waals surface area contributed by atoms with Crippen LogP contribution in [-0.2, 0) is 0 Å². The molecule has 1 aromatic heterocycles. The number of aromatic amines is 1. The van der Waals surface area contributed by atoms with Gasteiger partial charge in [0.2, 0.25) is 0 Å². The second kappa shape index (κ2) is 7.32. The molecule has 0 amide bonds. The van der Waals surface area contributed by atoms with E-state index in [0.717, 1.165) is 28.0 Å². The third-order valence-electron chi connectivity index (χ3n) is 5.56. The van der Waals surface area contributed by atoms with E-state index >= 15 is 0 Å². The predicted octanol–water partition coefficient (Wildman–Crippen LogP) is 5.74. The standard InChI is InChI=1S/C25H22N4O2/c1-15-12-20-21(13-16(15)2)28-25(27-20)23-22(30)14-29(24(23)26)17-8-10-19(11-9-17)31-18-6-4-3-5-7-18/h3-13,26,30H,14H2,1-2H3,(H,27,28). The van der Waals surface area contributed by atoms with Crippen LogP contribution in [0.1, 0.15) is 17.0 Å². The minimum absolute atomic E-state index is 0.127. The lowest BCUT2D eigenvalue weighted by molar-refractivity contribution is 0.411. The first kappa shape index (κ1) is 18.9. The van der Waals surface area contributed by atoms with Crippen molar-refractivity contribution in [3.05, 3.63) is 89.4 Å². The average Bonchev–Trinajstić information content (AvgIpc) is 3.29. The zero-order valence-corrected chi connectivity index (χ0v) is 17.3. The Balaban J connectivity index is 1.39. The van der Waals surface area contributed by atoms with E-state index in [4.69, 9.17) is 10.1 Å². The van der Waals surface area contributed by atoms with Gasteiger partial charge in [0, 0.05) is 5.69 Å². The highest BCUT2D eigenvalue weighted by molar-refractivity contribution is 6.30. The van der Waals surface area contributed by atoms with Crippen molar-refractivity contribution >= 4 is 28.1 Å². The van der Waals surface area contributed by atoms with Crippen molar-refractivity contribution in [2.24, 2.45) is 0 Å². The van der Waals surface area contributed by atoms with Crippen molar-refractivity contribution in [1.82, 2.24) is 9.97 Å². The molecule has 3 N–H and O–H groups in total. The van der Waals surface area contributed by atoms with Gasteiger partial charge in [-0.3, -0.25) is 5.41 Å². The van der Waals surface area contributed by atoms with Gasteiger partial charge in [-0.1, -0.05) is 18.2 Å². The Hall–Kier alpha value is -4.06. The summed E-state index contributed by atoms with van der Waals surface area (Å²) in [5.41, 5.74) is 5.27. The summed E-state index contributed by atoms with van der Waals surface area (Å²) in [4.78, 5) is 9.63. The molecule has 1 aliphatic heterocycles. The fourth-order valence-corrected chi connectivity index (χ4v) is 3.76. The van der Waals surface area contributed by atoms with E-state index in [-0.39, 0.29) is 18.1 Å². The molecule has 31 heavy (non-hydrogen) atoms. The number of anilines is 1. The lowest BCUT2D eigenvalue weighted by Crippen LogP contribution is -2.26. The zero-order valence-electron chi connectivity index (χ0n) is 17.3. The molecule has 0 saturated carbocycles. The number of aliphatic hydroxyl groups is 1. The summed E-state index contributed by atoms with van der Waals surface area (Å²) in [6.07, 6.45) is 0. The van der Waals surface area contributed by atoms with Crippen LogP contribution < -0.4 is 9.64 Å². The Morgan fingerprint density at radius 1 is 0.968 bits per heavy atom. The van der Waals surface area contributed by atoms with Crippen molar-refractivity contribution < 1.29 is 9.84 Å². The number of imidazole rings is 1. The average molecular weight is 410 g/mol. The van der Waals surface area contributed by atoms with E-state index in [1.807, 2.05) is 73.7 Å². The van der Waals surface area contributed by atoms with E-state index in [2.05, 4.69) is 16.9 Å². The number of aliphatic hydroxyl groups excluding tert-OH is 1. The molecular formula is C25H22N4O2. The molecular weight excluding hydrogens is 388 g/mol. The Bertz CT molecular complexity index is 1280. The summed E-state index contributed by atoms with van der Waals surface area (Å²) in [6, 6.07) is 21.1. The first-order valence-electron chi connectivity index (χ1n) is 10.1. The predicted molar refractivity (Wildman–Crippen MR) is 123 cm³/mol. The number of rotatable bonds is 4. The van der Waals surface area contributed by atoms with Gasteiger partial charge >= 0.3 is 0 Å². The van der Waals surface area contributed by atoms with E-state index in [1.54, 1.807) is 4.90 Å². The van der Waals surface area contributed by atoms with Gasteiger partial charge in [0.05, 0.1) is 23.2 Å². The Kier molecular flexibility index (Phi) is 4.47. The van der Waals surface area contributed by atoms with E-state index in [9.17, 15) is 5.11 Å². The molecule has 3 aromatic carbocycles. The Morgan fingerprint density at radius 2 is 1.65 bits per heavy atom. The molecule has 0 saturated heterocycles. The number of aryl methyl sites for hydroxylation is 2. The minimum atomic E-state index is 0.127. The summed E-state index contributed by atoms with van der Waals surface area (Å²) in [7, 11) is 0. The molecule has 1 aliphatic rings. The highest BCUT2D eigenvalue weighted by atomic mass is 16.5. The highest BCUT2D eigenvalue weighted by Crippen LogP contribution is 2.32. The monoisotopic (exact) mass is 410 g/mol. The van der Waals surface area contributed by atoms with Crippen LogP contribution in [0.5, 0.6) is 11.5 Å². The SMILES string of the molecule is Cc1cc2nc(C3=C(O)CN(c4ccc(Oc5ccccc5)cc4)C3=N)[nH]c2cc1C. The normalized spacial score (nSPS) is 14.0. The molecule has 2 heterocycles.